The second-order valence-corrected chi connectivity index (χ2v) is 10.5. The molecule has 180 valence electrons. The first kappa shape index (κ1) is 27.2. The zero-order chi connectivity index (χ0) is 24.8. The molecule has 2 aromatic rings. The van der Waals surface area contributed by atoms with Gasteiger partial charge in [-0.2, -0.15) is 0 Å². The molecule has 0 aliphatic heterocycles. The molecule has 0 aliphatic rings. The average molecular weight is 535 g/mol. The number of hydrogen-bond donors (Lipinski definition) is 1. The second-order valence-electron chi connectivity index (χ2n) is 7.30. The van der Waals surface area contributed by atoms with Gasteiger partial charge in [0.25, 0.3) is 0 Å². The number of anilines is 1. The second kappa shape index (κ2) is 11.9. The molecule has 2 aromatic carbocycles. The lowest BCUT2D eigenvalue weighted by Gasteiger charge is -2.33. The number of nitrogens with one attached hydrogen (secondary N) is 1. The number of likely N-dealkylation sites (N-methyl/N-ethyl adjacent to an activating group) is 1. The van der Waals surface area contributed by atoms with Crippen LogP contribution in [-0.2, 0) is 26.2 Å². The fourth-order valence-electron chi connectivity index (χ4n) is 3.29. The number of rotatable bonds is 10. The first-order chi connectivity index (χ1) is 15.5. The molecular formula is C22H26Cl3N3O4S. The van der Waals surface area contributed by atoms with E-state index < -0.39 is 28.5 Å². The number of amides is 2. The van der Waals surface area contributed by atoms with E-state index in [2.05, 4.69) is 5.32 Å². The Labute approximate surface area is 209 Å². The maximum absolute atomic E-state index is 13.5. The van der Waals surface area contributed by atoms with E-state index in [9.17, 15) is 18.0 Å². The Morgan fingerprint density at radius 1 is 1.03 bits per heavy atom. The SMILES string of the molecule is CCNC(=O)C(CC)N(Cc1ccc(Cl)cc1Cl)C(=O)CN(c1ccccc1Cl)S(C)(=O)=O. The van der Waals surface area contributed by atoms with Crippen molar-refractivity contribution >= 4 is 62.3 Å². The summed E-state index contributed by atoms with van der Waals surface area (Å²) in [7, 11) is -3.86. The topological polar surface area (TPSA) is 86.8 Å². The van der Waals surface area contributed by atoms with E-state index in [0.717, 1.165) is 10.6 Å². The molecular weight excluding hydrogens is 509 g/mol. The molecule has 0 aromatic heterocycles. The van der Waals surface area contributed by atoms with Crippen molar-refractivity contribution in [1.82, 2.24) is 10.2 Å². The summed E-state index contributed by atoms with van der Waals surface area (Å²) in [4.78, 5) is 27.6. The lowest BCUT2D eigenvalue weighted by atomic mass is 10.1. The Morgan fingerprint density at radius 2 is 1.70 bits per heavy atom. The summed E-state index contributed by atoms with van der Waals surface area (Å²) in [5, 5.41) is 3.67. The third kappa shape index (κ3) is 7.24. The van der Waals surface area contributed by atoms with E-state index in [1.54, 1.807) is 44.2 Å². The zero-order valence-corrected chi connectivity index (χ0v) is 21.6. The smallest absolute Gasteiger partial charge is 0.244 e. The van der Waals surface area contributed by atoms with Gasteiger partial charge >= 0.3 is 0 Å². The van der Waals surface area contributed by atoms with Gasteiger partial charge in [-0.3, -0.25) is 13.9 Å². The summed E-state index contributed by atoms with van der Waals surface area (Å²) in [6.45, 7) is 3.38. The molecule has 2 amide bonds. The largest absolute Gasteiger partial charge is 0.355 e. The molecule has 33 heavy (non-hydrogen) atoms. The van der Waals surface area contributed by atoms with Crippen LogP contribution in [0.5, 0.6) is 0 Å². The van der Waals surface area contributed by atoms with Crippen molar-refractivity contribution in [1.29, 1.82) is 0 Å². The van der Waals surface area contributed by atoms with Crippen LogP contribution in [0.25, 0.3) is 0 Å². The number of hydrogen-bond acceptors (Lipinski definition) is 4. The molecule has 7 nitrogen and oxygen atoms in total. The molecule has 0 spiro atoms. The van der Waals surface area contributed by atoms with Gasteiger partial charge in [-0.1, -0.05) is 59.9 Å². The highest BCUT2D eigenvalue weighted by molar-refractivity contribution is 7.92. The van der Waals surface area contributed by atoms with Crippen LogP contribution in [0.2, 0.25) is 15.1 Å². The fraction of sp³-hybridized carbons (Fsp3) is 0.364. The number of halogens is 3. The van der Waals surface area contributed by atoms with E-state index in [4.69, 9.17) is 34.8 Å². The van der Waals surface area contributed by atoms with Gasteiger partial charge in [0.2, 0.25) is 21.8 Å². The van der Waals surface area contributed by atoms with Gasteiger partial charge in [-0.25, -0.2) is 8.42 Å². The van der Waals surface area contributed by atoms with Gasteiger partial charge in [0.05, 0.1) is 17.0 Å². The molecule has 11 heteroatoms. The van der Waals surface area contributed by atoms with Crippen molar-refractivity contribution in [2.75, 3.05) is 23.7 Å². The summed E-state index contributed by atoms with van der Waals surface area (Å²) >= 11 is 18.5. The van der Waals surface area contributed by atoms with Gasteiger partial charge in [0, 0.05) is 23.1 Å². The van der Waals surface area contributed by atoms with Crippen molar-refractivity contribution in [2.45, 2.75) is 32.9 Å². The van der Waals surface area contributed by atoms with Crippen molar-refractivity contribution < 1.29 is 18.0 Å². The molecule has 0 radical (unpaired) electrons. The van der Waals surface area contributed by atoms with Crippen LogP contribution < -0.4 is 9.62 Å². The van der Waals surface area contributed by atoms with Crippen molar-refractivity contribution in [3.8, 4) is 0 Å². The van der Waals surface area contributed by atoms with Crippen LogP contribution >= 0.6 is 34.8 Å². The summed E-state index contributed by atoms with van der Waals surface area (Å²) in [5.74, 6) is -0.924. The van der Waals surface area contributed by atoms with E-state index in [0.29, 0.717) is 28.6 Å². The Kier molecular flexibility index (Phi) is 9.84. The predicted octanol–water partition coefficient (Wildman–Crippen LogP) is 4.36. The van der Waals surface area contributed by atoms with E-state index in [1.165, 1.54) is 17.0 Å². The summed E-state index contributed by atoms with van der Waals surface area (Å²) < 4.78 is 26.0. The average Bonchev–Trinajstić information content (AvgIpc) is 2.73. The van der Waals surface area contributed by atoms with E-state index in [1.807, 2.05) is 0 Å². The molecule has 1 N–H and O–H groups in total. The molecule has 0 bridgehead atoms. The molecule has 0 saturated heterocycles. The third-order valence-corrected chi connectivity index (χ3v) is 6.93. The van der Waals surface area contributed by atoms with Gasteiger partial charge in [0.15, 0.2) is 0 Å². The molecule has 0 saturated carbocycles. The molecule has 0 fully saturated rings. The molecule has 1 unspecified atom stereocenters. The van der Waals surface area contributed by atoms with Crippen molar-refractivity contribution in [3.63, 3.8) is 0 Å². The minimum atomic E-state index is -3.86. The summed E-state index contributed by atoms with van der Waals surface area (Å²) in [6.07, 6.45) is 1.30. The minimum absolute atomic E-state index is 0.00933. The number of nitrogens with zero attached hydrogens (tertiary/aromatic N) is 2. The van der Waals surface area contributed by atoms with Gasteiger partial charge < -0.3 is 10.2 Å². The fourth-order valence-corrected chi connectivity index (χ4v) is 4.91. The zero-order valence-electron chi connectivity index (χ0n) is 18.5. The predicted molar refractivity (Wildman–Crippen MR) is 133 cm³/mol. The van der Waals surface area contributed by atoms with Crippen LogP contribution in [0, 0.1) is 0 Å². The lowest BCUT2D eigenvalue weighted by molar-refractivity contribution is -0.140. The Hall–Kier alpha value is -2.00. The van der Waals surface area contributed by atoms with Crippen LogP contribution in [-0.4, -0.2) is 50.5 Å². The van der Waals surface area contributed by atoms with Crippen LogP contribution in [0.1, 0.15) is 25.8 Å². The van der Waals surface area contributed by atoms with Crippen LogP contribution in [0.4, 0.5) is 5.69 Å². The van der Waals surface area contributed by atoms with Crippen molar-refractivity contribution in [2.24, 2.45) is 0 Å². The standard InChI is InChI=1S/C22H26Cl3N3O4S/c1-4-19(22(30)26-5-2)27(13-15-10-11-16(23)12-18(15)25)21(29)14-28(33(3,31)32)20-9-7-6-8-17(20)24/h6-12,19H,4-5,13-14H2,1-3H3,(H,26,30). The Morgan fingerprint density at radius 3 is 2.24 bits per heavy atom. The maximum Gasteiger partial charge on any atom is 0.244 e. The van der Waals surface area contributed by atoms with Gasteiger partial charge in [0.1, 0.15) is 12.6 Å². The van der Waals surface area contributed by atoms with Gasteiger partial charge in [-0.15, -0.1) is 0 Å². The van der Waals surface area contributed by atoms with Crippen molar-refractivity contribution in [3.05, 3.63) is 63.1 Å². The number of carbonyl (C=O) groups is 2. The van der Waals surface area contributed by atoms with Crippen LogP contribution in [0.3, 0.4) is 0 Å². The van der Waals surface area contributed by atoms with E-state index >= 15 is 0 Å². The quantitative estimate of drug-likeness (QED) is 0.491. The molecule has 2 rings (SSSR count). The number of para-hydroxylation sites is 1. The highest BCUT2D eigenvalue weighted by atomic mass is 35.5. The molecule has 0 heterocycles. The Balaban J connectivity index is 2.48. The minimum Gasteiger partial charge on any atom is -0.355 e. The number of benzene rings is 2. The summed E-state index contributed by atoms with van der Waals surface area (Å²) in [6, 6.07) is 10.3. The number of carbonyl (C=O) groups excluding carboxylic acids is 2. The lowest BCUT2D eigenvalue weighted by Crippen LogP contribution is -2.52. The summed E-state index contributed by atoms with van der Waals surface area (Å²) in [5.41, 5.74) is 0.742. The first-order valence-electron chi connectivity index (χ1n) is 10.2. The molecule has 1 atom stereocenters. The number of sulfonamides is 1. The molecule has 0 aliphatic carbocycles. The van der Waals surface area contributed by atoms with E-state index in [-0.39, 0.29) is 23.2 Å². The highest BCUT2D eigenvalue weighted by Crippen LogP contribution is 2.28. The normalized spacial score (nSPS) is 12.2. The third-order valence-electron chi connectivity index (χ3n) is 4.89. The highest BCUT2D eigenvalue weighted by Gasteiger charge is 2.32. The van der Waals surface area contributed by atoms with Crippen LogP contribution in [0.15, 0.2) is 42.5 Å². The first-order valence-corrected chi connectivity index (χ1v) is 13.2. The van der Waals surface area contributed by atoms with Gasteiger partial charge in [-0.05, 0) is 43.2 Å². The monoisotopic (exact) mass is 533 g/mol. The Bertz CT molecular complexity index is 1110. The maximum atomic E-state index is 13.5.